The standard InChI is InChI=1S/C8H15N5O/c1-3-6-4-14-5-7(6)13(2)8-9-11-12-10-8/h6-7H,3-5H2,1-2H3,(H,9,10,11,12). The van der Waals surface area contributed by atoms with Crippen LogP contribution < -0.4 is 4.90 Å². The van der Waals surface area contributed by atoms with Crippen LogP contribution in [0.5, 0.6) is 0 Å². The van der Waals surface area contributed by atoms with Gasteiger partial charge in [0.25, 0.3) is 5.95 Å². The highest BCUT2D eigenvalue weighted by atomic mass is 16.5. The zero-order chi connectivity index (χ0) is 9.97. The van der Waals surface area contributed by atoms with E-state index in [1.807, 2.05) is 11.9 Å². The van der Waals surface area contributed by atoms with Crippen molar-refractivity contribution in [3.05, 3.63) is 0 Å². The molecule has 1 aromatic heterocycles. The first-order valence-corrected chi connectivity index (χ1v) is 4.87. The van der Waals surface area contributed by atoms with Gasteiger partial charge in [-0.05, 0) is 11.6 Å². The van der Waals surface area contributed by atoms with Crippen molar-refractivity contribution in [3.8, 4) is 0 Å². The van der Waals surface area contributed by atoms with Gasteiger partial charge in [-0.3, -0.25) is 0 Å². The number of tetrazole rings is 1. The van der Waals surface area contributed by atoms with Crippen LogP contribution >= 0.6 is 0 Å². The summed E-state index contributed by atoms with van der Waals surface area (Å²) in [7, 11) is 1.98. The maximum absolute atomic E-state index is 5.45. The van der Waals surface area contributed by atoms with Gasteiger partial charge in [-0.15, -0.1) is 5.10 Å². The van der Waals surface area contributed by atoms with Crippen LogP contribution in [0.2, 0.25) is 0 Å². The summed E-state index contributed by atoms with van der Waals surface area (Å²) < 4.78 is 5.45. The first-order valence-electron chi connectivity index (χ1n) is 4.87. The van der Waals surface area contributed by atoms with Crippen LogP contribution in [0.1, 0.15) is 13.3 Å². The Kier molecular flexibility index (Phi) is 2.62. The van der Waals surface area contributed by atoms with E-state index in [9.17, 15) is 0 Å². The van der Waals surface area contributed by atoms with Gasteiger partial charge in [-0.25, -0.2) is 0 Å². The molecule has 6 nitrogen and oxygen atoms in total. The zero-order valence-electron chi connectivity index (χ0n) is 8.47. The molecule has 78 valence electrons. The summed E-state index contributed by atoms with van der Waals surface area (Å²) in [5, 5.41) is 13.9. The number of anilines is 1. The van der Waals surface area contributed by atoms with Crippen LogP contribution in [0.3, 0.4) is 0 Å². The van der Waals surface area contributed by atoms with Crippen LogP contribution in [0, 0.1) is 5.92 Å². The number of nitrogens with zero attached hydrogens (tertiary/aromatic N) is 4. The first-order chi connectivity index (χ1) is 6.83. The molecule has 2 unspecified atom stereocenters. The van der Waals surface area contributed by atoms with E-state index in [0.717, 1.165) is 19.6 Å². The Bertz CT molecular complexity index is 275. The van der Waals surface area contributed by atoms with Gasteiger partial charge in [-0.2, -0.15) is 5.21 Å². The van der Waals surface area contributed by atoms with E-state index in [1.54, 1.807) is 0 Å². The summed E-state index contributed by atoms with van der Waals surface area (Å²) in [5.41, 5.74) is 0. The van der Waals surface area contributed by atoms with Crippen molar-refractivity contribution in [2.75, 3.05) is 25.2 Å². The highest BCUT2D eigenvalue weighted by molar-refractivity contribution is 5.27. The third-order valence-electron chi connectivity index (χ3n) is 2.84. The van der Waals surface area contributed by atoms with Gasteiger partial charge in [0, 0.05) is 13.0 Å². The van der Waals surface area contributed by atoms with Crippen molar-refractivity contribution in [1.82, 2.24) is 20.6 Å². The molecule has 2 atom stereocenters. The molecule has 1 N–H and O–H groups in total. The maximum atomic E-state index is 5.45. The van der Waals surface area contributed by atoms with Crippen molar-refractivity contribution in [3.63, 3.8) is 0 Å². The molecule has 0 radical (unpaired) electrons. The van der Waals surface area contributed by atoms with E-state index >= 15 is 0 Å². The third-order valence-corrected chi connectivity index (χ3v) is 2.84. The molecule has 1 aliphatic heterocycles. The minimum Gasteiger partial charge on any atom is -0.379 e. The van der Waals surface area contributed by atoms with E-state index in [0.29, 0.717) is 17.9 Å². The second-order valence-electron chi connectivity index (χ2n) is 3.60. The Morgan fingerprint density at radius 2 is 2.43 bits per heavy atom. The Labute approximate surface area is 82.6 Å². The summed E-state index contributed by atoms with van der Waals surface area (Å²) in [4.78, 5) is 2.03. The predicted octanol–water partition coefficient (Wildman–Crippen LogP) is 0.0609. The van der Waals surface area contributed by atoms with Gasteiger partial charge >= 0.3 is 0 Å². The molecule has 0 amide bonds. The van der Waals surface area contributed by atoms with E-state index in [2.05, 4.69) is 27.5 Å². The number of rotatable bonds is 3. The minimum atomic E-state index is 0.373. The third kappa shape index (κ3) is 1.57. The van der Waals surface area contributed by atoms with E-state index in [1.165, 1.54) is 0 Å². The van der Waals surface area contributed by atoms with Crippen LogP contribution in [-0.2, 0) is 4.74 Å². The van der Waals surface area contributed by atoms with Gasteiger partial charge in [0.1, 0.15) is 0 Å². The number of nitrogens with one attached hydrogen (secondary N) is 1. The van der Waals surface area contributed by atoms with Crippen LogP contribution in [-0.4, -0.2) is 46.9 Å². The topological polar surface area (TPSA) is 66.9 Å². The second-order valence-corrected chi connectivity index (χ2v) is 3.60. The fourth-order valence-electron chi connectivity index (χ4n) is 1.86. The van der Waals surface area contributed by atoms with Crippen molar-refractivity contribution >= 4 is 5.95 Å². The lowest BCUT2D eigenvalue weighted by molar-refractivity contribution is 0.183. The number of hydrogen-bond acceptors (Lipinski definition) is 5. The highest BCUT2D eigenvalue weighted by Crippen LogP contribution is 2.23. The summed E-state index contributed by atoms with van der Waals surface area (Å²) in [6.07, 6.45) is 1.12. The Morgan fingerprint density at radius 1 is 1.57 bits per heavy atom. The van der Waals surface area contributed by atoms with Crippen molar-refractivity contribution in [2.24, 2.45) is 5.92 Å². The fraction of sp³-hybridized carbons (Fsp3) is 0.875. The lowest BCUT2D eigenvalue weighted by Crippen LogP contribution is -2.38. The number of hydrogen-bond donors (Lipinski definition) is 1. The molecule has 2 heterocycles. The lowest BCUT2D eigenvalue weighted by Gasteiger charge is -2.25. The van der Waals surface area contributed by atoms with E-state index in [-0.39, 0.29) is 0 Å². The van der Waals surface area contributed by atoms with E-state index < -0.39 is 0 Å². The second kappa shape index (κ2) is 3.91. The molecule has 0 saturated carbocycles. The minimum absolute atomic E-state index is 0.373. The number of aromatic nitrogens is 4. The molecule has 2 rings (SSSR count). The Morgan fingerprint density at radius 3 is 3.07 bits per heavy atom. The van der Waals surface area contributed by atoms with Crippen molar-refractivity contribution in [2.45, 2.75) is 19.4 Å². The molecular formula is C8H15N5O. The maximum Gasteiger partial charge on any atom is 0.265 e. The predicted molar refractivity (Wildman–Crippen MR) is 51.0 cm³/mol. The summed E-state index contributed by atoms with van der Waals surface area (Å²) >= 11 is 0. The molecule has 1 aliphatic rings. The molecule has 1 aromatic rings. The molecule has 0 aliphatic carbocycles. The molecule has 14 heavy (non-hydrogen) atoms. The molecule has 1 fully saturated rings. The van der Waals surface area contributed by atoms with Crippen molar-refractivity contribution in [1.29, 1.82) is 0 Å². The molecular weight excluding hydrogens is 182 g/mol. The fourth-order valence-corrected chi connectivity index (χ4v) is 1.86. The van der Waals surface area contributed by atoms with Gasteiger partial charge in [0.15, 0.2) is 0 Å². The number of aromatic amines is 1. The lowest BCUT2D eigenvalue weighted by atomic mass is 10.0. The summed E-state index contributed by atoms with van der Waals surface area (Å²) in [5.74, 6) is 1.21. The first kappa shape index (κ1) is 9.39. The highest BCUT2D eigenvalue weighted by Gasteiger charge is 2.31. The number of likely N-dealkylation sites (N-methyl/N-ethyl adjacent to an activating group) is 1. The average Bonchev–Trinajstić information content (AvgIpc) is 2.87. The monoisotopic (exact) mass is 197 g/mol. The summed E-state index contributed by atoms with van der Waals surface area (Å²) in [6, 6.07) is 0.373. The van der Waals surface area contributed by atoms with Gasteiger partial charge < -0.3 is 9.64 Å². The Balaban J connectivity index is 2.07. The Hall–Kier alpha value is -1.17. The summed E-state index contributed by atoms with van der Waals surface area (Å²) in [6.45, 7) is 3.77. The smallest absolute Gasteiger partial charge is 0.265 e. The SMILES string of the molecule is CCC1COCC1N(C)c1nn[nH]n1. The van der Waals surface area contributed by atoms with Crippen LogP contribution in [0.25, 0.3) is 0 Å². The van der Waals surface area contributed by atoms with Crippen LogP contribution in [0.15, 0.2) is 0 Å². The molecule has 0 aromatic carbocycles. The number of H-pyrrole nitrogens is 1. The van der Waals surface area contributed by atoms with E-state index in [4.69, 9.17) is 4.74 Å². The van der Waals surface area contributed by atoms with Crippen LogP contribution in [0.4, 0.5) is 5.95 Å². The van der Waals surface area contributed by atoms with Gasteiger partial charge in [-0.1, -0.05) is 12.0 Å². The molecule has 1 saturated heterocycles. The average molecular weight is 197 g/mol. The zero-order valence-corrected chi connectivity index (χ0v) is 8.47. The molecule has 0 bridgehead atoms. The normalized spacial score (nSPS) is 26.7. The quantitative estimate of drug-likeness (QED) is 0.742. The molecule has 6 heteroatoms. The van der Waals surface area contributed by atoms with Gasteiger partial charge in [0.05, 0.1) is 19.3 Å². The molecule has 0 spiro atoms. The number of ether oxygens (including phenoxy) is 1. The van der Waals surface area contributed by atoms with Gasteiger partial charge in [0.2, 0.25) is 0 Å². The largest absolute Gasteiger partial charge is 0.379 e. The van der Waals surface area contributed by atoms with Crippen molar-refractivity contribution < 1.29 is 4.74 Å².